The molecule has 0 unspecified atom stereocenters. The molecular formula is C12H14N4O. The number of amides is 1. The molecule has 5 nitrogen and oxygen atoms in total. The molecule has 0 aliphatic carbocycles. The Hall–Kier alpha value is -2.17. The van der Waals surface area contributed by atoms with E-state index in [0.29, 0.717) is 12.2 Å². The number of nitrogens with two attached hydrogens (primary N) is 1. The second-order valence-corrected chi connectivity index (χ2v) is 4.03. The lowest BCUT2D eigenvalue weighted by molar-refractivity contribution is 0.0995. The van der Waals surface area contributed by atoms with Gasteiger partial charge in [0, 0.05) is 0 Å². The predicted molar refractivity (Wildman–Crippen MR) is 63.6 cm³/mol. The van der Waals surface area contributed by atoms with Crippen molar-refractivity contribution in [3.05, 3.63) is 46.8 Å². The second-order valence-electron chi connectivity index (χ2n) is 4.03. The summed E-state index contributed by atoms with van der Waals surface area (Å²) in [6.45, 7) is 4.41. The minimum absolute atomic E-state index is 0.233. The fourth-order valence-corrected chi connectivity index (χ4v) is 1.60. The van der Waals surface area contributed by atoms with Gasteiger partial charge in [-0.3, -0.25) is 4.79 Å². The lowest BCUT2D eigenvalue weighted by Gasteiger charge is -2.04. The third-order valence-electron chi connectivity index (χ3n) is 2.67. The highest BCUT2D eigenvalue weighted by atomic mass is 16.1. The van der Waals surface area contributed by atoms with E-state index in [1.807, 2.05) is 31.2 Å². The van der Waals surface area contributed by atoms with Crippen molar-refractivity contribution in [3.8, 4) is 0 Å². The molecule has 0 fully saturated rings. The van der Waals surface area contributed by atoms with Crippen molar-refractivity contribution in [3.63, 3.8) is 0 Å². The predicted octanol–water partition coefficient (Wildman–Crippen LogP) is 1.04. The van der Waals surface area contributed by atoms with Crippen LogP contribution in [-0.2, 0) is 6.54 Å². The summed E-state index contributed by atoms with van der Waals surface area (Å²) >= 11 is 0. The number of aromatic nitrogens is 3. The largest absolute Gasteiger partial charge is 0.364 e. The van der Waals surface area contributed by atoms with E-state index in [1.165, 1.54) is 5.56 Å². The highest BCUT2D eigenvalue weighted by Gasteiger charge is 2.13. The van der Waals surface area contributed by atoms with E-state index < -0.39 is 5.91 Å². The van der Waals surface area contributed by atoms with E-state index in [1.54, 1.807) is 11.6 Å². The normalized spacial score (nSPS) is 10.5. The zero-order chi connectivity index (χ0) is 12.4. The van der Waals surface area contributed by atoms with Gasteiger partial charge in [-0.05, 0) is 19.4 Å². The highest BCUT2D eigenvalue weighted by Crippen LogP contribution is 2.08. The minimum Gasteiger partial charge on any atom is -0.364 e. The molecule has 0 bridgehead atoms. The highest BCUT2D eigenvalue weighted by molar-refractivity contribution is 5.91. The van der Waals surface area contributed by atoms with E-state index in [-0.39, 0.29) is 5.69 Å². The van der Waals surface area contributed by atoms with E-state index in [4.69, 9.17) is 5.73 Å². The summed E-state index contributed by atoms with van der Waals surface area (Å²) in [5.74, 6) is -0.544. The lowest BCUT2D eigenvalue weighted by Crippen LogP contribution is -2.13. The topological polar surface area (TPSA) is 73.8 Å². The minimum atomic E-state index is -0.544. The Kier molecular flexibility index (Phi) is 2.91. The quantitative estimate of drug-likeness (QED) is 0.856. The molecule has 88 valence electrons. The first kappa shape index (κ1) is 11.3. The van der Waals surface area contributed by atoms with Crippen LogP contribution in [0.4, 0.5) is 0 Å². The fraction of sp³-hybridized carbons (Fsp3) is 0.250. The molecule has 0 saturated carbocycles. The van der Waals surface area contributed by atoms with Crippen LogP contribution in [0.2, 0.25) is 0 Å². The Morgan fingerprint density at radius 3 is 2.47 bits per heavy atom. The molecule has 5 heteroatoms. The molecule has 1 aromatic carbocycles. The molecule has 1 amide bonds. The number of carbonyl (C=O) groups excluding carboxylic acids is 1. The van der Waals surface area contributed by atoms with E-state index >= 15 is 0 Å². The van der Waals surface area contributed by atoms with Gasteiger partial charge in [0.2, 0.25) is 0 Å². The van der Waals surface area contributed by atoms with Gasteiger partial charge in [0.25, 0.3) is 5.91 Å². The van der Waals surface area contributed by atoms with E-state index in [0.717, 1.165) is 5.56 Å². The maximum absolute atomic E-state index is 11.0. The fourth-order valence-electron chi connectivity index (χ4n) is 1.60. The molecule has 0 radical (unpaired) electrons. The van der Waals surface area contributed by atoms with Crippen molar-refractivity contribution in [1.29, 1.82) is 0 Å². The summed E-state index contributed by atoms with van der Waals surface area (Å²) in [5, 5.41) is 7.69. The number of hydrogen-bond acceptors (Lipinski definition) is 3. The third-order valence-corrected chi connectivity index (χ3v) is 2.67. The molecule has 0 saturated heterocycles. The Labute approximate surface area is 99.2 Å². The molecule has 1 heterocycles. The average molecular weight is 230 g/mol. The van der Waals surface area contributed by atoms with Crippen LogP contribution in [0.15, 0.2) is 24.3 Å². The number of carbonyl (C=O) groups is 1. The Bertz CT molecular complexity index is 542. The van der Waals surface area contributed by atoms with Crippen LogP contribution in [0.1, 0.15) is 27.3 Å². The van der Waals surface area contributed by atoms with Crippen molar-refractivity contribution in [2.45, 2.75) is 20.4 Å². The number of benzene rings is 1. The molecule has 1 aromatic heterocycles. The SMILES string of the molecule is Cc1ccc(Cn2nnc(C(N)=O)c2C)cc1. The van der Waals surface area contributed by atoms with Crippen molar-refractivity contribution in [2.24, 2.45) is 5.73 Å². The van der Waals surface area contributed by atoms with Gasteiger partial charge in [-0.15, -0.1) is 5.10 Å². The maximum atomic E-state index is 11.0. The van der Waals surface area contributed by atoms with E-state index in [2.05, 4.69) is 10.3 Å². The van der Waals surface area contributed by atoms with Crippen molar-refractivity contribution in [2.75, 3.05) is 0 Å². The molecular weight excluding hydrogens is 216 g/mol. The molecule has 0 spiro atoms. The first-order valence-corrected chi connectivity index (χ1v) is 5.33. The maximum Gasteiger partial charge on any atom is 0.271 e. The van der Waals surface area contributed by atoms with Gasteiger partial charge in [0.15, 0.2) is 5.69 Å². The summed E-state index contributed by atoms with van der Waals surface area (Å²) in [6, 6.07) is 8.13. The van der Waals surface area contributed by atoms with Crippen molar-refractivity contribution < 1.29 is 4.79 Å². The Morgan fingerprint density at radius 1 is 1.29 bits per heavy atom. The molecule has 2 N–H and O–H groups in total. The third kappa shape index (κ3) is 2.33. The van der Waals surface area contributed by atoms with Crippen LogP contribution < -0.4 is 5.73 Å². The summed E-state index contributed by atoms with van der Waals surface area (Å²) in [7, 11) is 0. The Morgan fingerprint density at radius 2 is 1.94 bits per heavy atom. The number of aryl methyl sites for hydroxylation is 1. The summed E-state index contributed by atoms with van der Waals surface area (Å²) in [5.41, 5.74) is 8.43. The van der Waals surface area contributed by atoms with Crippen molar-refractivity contribution >= 4 is 5.91 Å². The van der Waals surface area contributed by atoms with Gasteiger partial charge in [-0.25, -0.2) is 4.68 Å². The first-order chi connectivity index (χ1) is 8.08. The standard InChI is InChI=1S/C12H14N4O/c1-8-3-5-10(6-4-8)7-16-9(2)11(12(13)17)14-15-16/h3-6H,7H2,1-2H3,(H2,13,17). The van der Waals surface area contributed by atoms with Crippen molar-refractivity contribution in [1.82, 2.24) is 15.0 Å². The van der Waals surface area contributed by atoms with Gasteiger partial charge >= 0.3 is 0 Å². The summed E-state index contributed by atoms with van der Waals surface area (Å²) in [4.78, 5) is 11.0. The molecule has 17 heavy (non-hydrogen) atoms. The van der Waals surface area contributed by atoms with Crippen LogP contribution in [0.25, 0.3) is 0 Å². The number of primary amides is 1. The van der Waals surface area contributed by atoms with Gasteiger partial charge in [-0.1, -0.05) is 35.0 Å². The average Bonchev–Trinajstić information content (AvgIpc) is 2.64. The zero-order valence-electron chi connectivity index (χ0n) is 9.84. The molecule has 2 rings (SSSR count). The van der Waals surface area contributed by atoms with Crippen LogP contribution in [0.3, 0.4) is 0 Å². The van der Waals surface area contributed by atoms with Gasteiger partial charge in [0.1, 0.15) is 0 Å². The molecule has 0 atom stereocenters. The molecule has 0 aliphatic rings. The zero-order valence-corrected chi connectivity index (χ0v) is 9.84. The smallest absolute Gasteiger partial charge is 0.271 e. The van der Waals surface area contributed by atoms with Crippen LogP contribution >= 0.6 is 0 Å². The summed E-state index contributed by atoms with van der Waals surface area (Å²) < 4.78 is 1.67. The Balaban J connectivity index is 2.24. The van der Waals surface area contributed by atoms with Gasteiger partial charge in [0.05, 0.1) is 12.2 Å². The molecule has 2 aromatic rings. The van der Waals surface area contributed by atoms with Crippen LogP contribution in [0.5, 0.6) is 0 Å². The number of nitrogens with zero attached hydrogens (tertiary/aromatic N) is 3. The first-order valence-electron chi connectivity index (χ1n) is 5.33. The monoisotopic (exact) mass is 230 g/mol. The number of hydrogen-bond donors (Lipinski definition) is 1. The van der Waals surface area contributed by atoms with Gasteiger partial charge in [-0.2, -0.15) is 0 Å². The number of rotatable bonds is 3. The summed E-state index contributed by atoms with van der Waals surface area (Å²) in [6.07, 6.45) is 0. The van der Waals surface area contributed by atoms with Crippen LogP contribution in [0, 0.1) is 13.8 Å². The van der Waals surface area contributed by atoms with Gasteiger partial charge < -0.3 is 5.73 Å². The van der Waals surface area contributed by atoms with Crippen LogP contribution in [-0.4, -0.2) is 20.9 Å². The lowest BCUT2D eigenvalue weighted by atomic mass is 10.1. The molecule has 0 aliphatic heterocycles. The second kappa shape index (κ2) is 4.37. The van der Waals surface area contributed by atoms with E-state index in [9.17, 15) is 4.79 Å².